The van der Waals surface area contributed by atoms with E-state index in [9.17, 15) is 9.90 Å². The van der Waals surface area contributed by atoms with Crippen molar-refractivity contribution in [1.82, 2.24) is 4.90 Å². The van der Waals surface area contributed by atoms with E-state index < -0.39 is 0 Å². The Bertz CT molecular complexity index is 451. The molecule has 5 heteroatoms. The van der Waals surface area contributed by atoms with E-state index >= 15 is 0 Å². The molecule has 1 aromatic rings. The van der Waals surface area contributed by atoms with Crippen LogP contribution < -0.4 is 5.73 Å². The number of phenols is 1. The highest BCUT2D eigenvalue weighted by Crippen LogP contribution is 2.25. The first-order chi connectivity index (χ1) is 8.61. The molecule has 1 atom stereocenters. The van der Waals surface area contributed by atoms with Crippen LogP contribution in [0.4, 0.5) is 0 Å². The largest absolute Gasteiger partial charge is 0.507 e. The van der Waals surface area contributed by atoms with Crippen LogP contribution >= 0.6 is 15.9 Å². The van der Waals surface area contributed by atoms with E-state index in [1.54, 1.807) is 17.0 Å². The summed E-state index contributed by atoms with van der Waals surface area (Å²) in [5.74, 6) is 0.280. The predicted molar refractivity (Wildman–Crippen MR) is 73.5 cm³/mol. The van der Waals surface area contributed by atoms with Crippen molar-refractivity contribution in [2.45, 2.75) is 12.8 Å². The van der Waals surface area contributed by atoms with Crippen molar-refractivity contribution < 1.29 is 9.90 Å². The van der Waals surface area contributed by atoms with Gasteiger partial charge in [0, 0.05) is 17.6 Å². The highest BCUT2D eigenvalue weighted by atomic mass is 79.9. The van der Waals surface area contributed by atoms with Gasteiger partial charge >= 0.3 is 0 Å². The van der Waals surface area contributed by atoms with Gasteiger partial charge < -0.3 is 15.7 Å². The van der Waals surface area contributed by atoms with Gasteiger partial charge in [-0.15, -0.1) is 0 Å². The number of carbonyl (C=O) groups excluding carboxylic acids is 1. The molecule has 1 heterocycles. The van der Waals surface area contributed by atoms with Crippen molar-refractivity contribution in [3.63, 3.8) is 0 Å². The topological polar surface area (TPSA) is 66.6 Å². The third kappa shape index (κ3) is 2.84. The molecule has 18 heavy (non-hydrogen) atoms. The summed E-state index contributed by atoms with van der Waals surface area (Å²) < 4.78 is 0.759. The molecule has 98 valence electrons. The maximum atomic E-state index is 12.3. The first-order valence-electron chi connectivity index (χ1n) is 6.09. The Kier molecular flexibility index (Phi) is 4.24. The number of phenolic OH excluding ortho intramolecular Hbond substituents is 1. The minimum absolute atomic E-state index is 0.0178. The van der Waals surface area contributed by atoms with Crippen molar-refractivity contribution in [3.05, 3.63) is 28.2 Å². The first-order valence-corrected chi connectivity index (χ1v) is 6.89. The Morgan fingerprint density at radius 2 is 2.33 bits per heavy atom. The van der Waals surface area contributed by atoms with E-state index in [2.05, 4.69) is 15.9 Å². The fourth-order valence-electron chi connectivity index (χ4n) is 2.30. The third-order valence-corrected chi connectivity index (χ3v) is 3.82. The molecule has 0 bridgehead atoms. The van der Waals surface area contributed by atoms with Crippen LogP contribution in [0.15, 0.2) is 22.7 Å². The number of piperidine rings is 1. The van der Waals surface area contributed by atoms with Gasteiger partial charge in [-0.3, -0.25) is 4.79 Å². The molecule has 1 saturated heterocycles. The average Bonchev–Trinajstić information content (AvgIpc) is 2.38. The van der Waals surface area contributed by atoms with Crippen LogP contribution in [0.25, 0.3) is 0 Å². The summed E-state index contributed by atoms with van der Waals surface area (Å²) in [6, 6.07) is 4.95. The zero-order valence-electron chi connectivity index (χ0n) is 10.1. The van der Waals surface area contributed by atoms with E-state index in [0.29, 0.717) is 24.6 Å². The van der Waals surface area contributed by atoms with E-state index in [1.807, 2.05) is 0 Å². The summed E-state index contributed by atoms with van der Waals surface area (Å²) in [5, 5.41) is 9.81. The van der Waals surface area contributed by atoms with Gasteiger partial charge in [-0.1, -0.05) is 15.9 Å². The van der Waals surface area contributed by atoms with Gasteiger partial charge in [0.2, 0.25) is 0 Å². The molecule has 0 radical (unpaired) electrons. The van der Waals surface area contributed by atoms with Crippen molar-refractivity contribution in [1.29, 1.82) is 0 Å². The summed E-state index contributed by atoms with van der Waals surface area (Å²) in [7, 11) is 0. The fraction of sp³-hybridized carbons (Fsp3) is 0.462. The van der Waals surface area contributed by atoms with Crippen LogP contribution in [0.2, 0.25) is 0 Å². The summed E-state index contributed by atoms with van der Waals surface area (Å²) >= 11 is 3.26. The molecule has 3 N–H and O–H groups in total. The highest BCUT2D eigenvalue weighted by Gasteiger charge is 2.25. The molecule has 0 aliphatic carbocycles. The summed E-state index contributed by atoms with van der Waals surface area (Å²) in [6.07, 6.45) is 2.05. The number of likely N-dealkylation sites (tertiary alicyclic amines) is 1. The predicted octanol–water partition coefficient (Wildman–Crippen LogP) is 1.97. The van der Waals surface area contributed by atoms with Gasteiger partial charge in [0.15, 0.2) is 0 Å². The van der Waals surface area contributed by atoms with Crippen molar-refractivity contribution >= 4 is 21.8 Å². The maximum Gasteiger partial charge on any atom is 0.257 e. The molecule has 2 rings (SSSR count). The van der Waals surface area contributed by atoms with Gasteiger partial charge in [0.25, 0.3) is 5.91 Å². The molecular formula is C13H17BrN2O2. The minimum atomic E-state index is -0.113. The standard InChI is InChI=1S/C13H17BrN2O2/c14-10-3-4-11(12(17)6-10)13(18)16-5-1-2-9(7-15)8-16/h3-4,6,9,17H,1-2,5,7-8,15H2. The second kappa shape index (κ2) is 5.71. The minimum Gasteiger partial charge on any atom is -0.507 e. The number of benzene rings is 1. The molecule has 1 fully saturated rings. The number of carbonyl (C=O) groups is 1. The number of halogens is 1. The highest BCUT2D eigenvalue weighted by molar-refractivity contribution is 9.10. The van der Waals surface area contributed by atoms with Crippen molar-refractivity contribution in [2.75, 3.05) is 19.6 Å². The van der Waals surface area contributed by atoms with E-state index in [0.717, 1.165) is 23.9 Å². The molecule has 4 nitrogen and oxygen atoms in total. The Balaban J connectivity index is 2.15. The Hall–Kier alpha value is -1.07. The molecule has 0 aromatic heterocycles. The normalized spacial score (nSPS) is 19.9. The van der Waals surface area contributed by atoms with Crippen LogP contribution in [-0.2, 0) is 0 Å². The second-order valence-corrected chi connectivity index (χ2v) is 5.57. The molecule has 1 unspecified atom stereocenters. The zero-order chi connectivity index (χ0) is 13.1. The lowest BCUT2D eigenvalue weighted by Crippen LogP contribution is -2.42. The number of rotatable bonds is 2. The molecule has 1 amide bonds. The lowest BCUT2D eigenvalue weighted by atomic mass is 9.97. The molecule has 1 aromatic carbocycles. The lowest BCUT2D eigenvalue weighted by molar-refractivity contribution is 0.0675. The molecular weight excluding hydrogens is 296 g/mol. The van der Waals surface area contributed by atoms with Crippen molar-refractivity contribution in [3.8, 4) is 5.75 Å². The van der Waals surface area contributed by atoms with E-state index in [4.69, 9.17) is 5.73 Å². The number of aromatic hydroxyl groups is 1. The maximum absolute atomic E-state index is 12.3. The van der Waals surface area contributed by atoms with Gasteiger partial charge in [-0.05, 0) is 43.5 Å². The van der Waals surface area contributed by atoms with Crippen LogP contribution in [0.1, 0.15) is 23.2 Å². The van der Waals surface area contributed by atoms with Gasteiger partial charge in [-0.25, -0.2) is 0 Å². The third-order valence-electron chi connectivity index (χ3n) is 3.33. The van der Waals surface area contributed by atoms with E-state index in [1.165, 1.54) is 6.07 Å². The summed E-state index contributed by atoms with van der Waals surface area (Å²) in [6.45, 7) is 2.03. The molecule has 1 aliphatic heterocycles. The Labute approximate surface area is 115 Å². The fourth-order valence-corrected chi connectivity index (χ4v) is 2.65. The van der Waals surface area contributed by atoms with Crippen LogP contribution in [0.3, 0.4) is 0 Å². The van der Waals surface area contributed by atoms with Gasteiger partial charge in [0.05, 0.1) is 5.56 Å². The zero-order valence-corrected chi connectivity index (χ0v) is 11.7. The monoisotopic (exact) mass is 312 g/mol. The second-order valence-electron chi connectivity index (χ2n) is 4.66. The average molecular weight is 313 g/mol. The molecule has 0 spiro atoms. The number of hydrogen-bond acceptors (Lipinski definition) is 3. The number of hydrogen-bond donors (Lipinski definition) is 2. The SMILES string of the molecule is NCC1CCCN(C(=O)c2ccc(Br)cc2O)C1. The van der Waals surface area contributed by atoms with Crippen LogP contribution in [0.5, 0.6) is 5.75 Å². The smallest absolute Gasteiger partial charge is 0.257 e. The quantitative estimate of drug-likeness (QED) is 0.877. The van der Waals surface area contributed by atoms with Gasteiger partial charge in [0.1, 0.15) is 5.75 Å². The number of nitrogens with two attached hydrogens (primary N) is 1. The number of nitrogens with zero attached hydrogens (tertiary/aromatic N) is 1. The van der Waals surface area contributed by atoms with Gasteiger partial charge in [-0.2, -0.15) is 0 Å². The van der Waals surface area contributed by atoms with E-state index in [-0.39, 0.29) is 11.7 Å². The summed E-state index contributed by atoms with van der Waals surface area (Å²) in [5.41, 5.74) is 6.02. The van der Waals surface area contributed by atoms with Crippen LogP contribution in [-0.4, -0.2) is 35.5 Å². The Morgan fingerprint density at radius 1 is 1.56 bits per heavy atom. The molecule has 0 saturated carbocycles. The Morgan fingerprint density at radius 3 is 3.00 bits per heavy atom. The van der Waals surface area contributed by atoms with Crippen LogP contribution in [0, 0.1) is 5.92 Å². The van der Waals surface area contributed by atoms with Crippen molar-refractivity contribution in [2.24, 2.45) is 11.7 Å². The number of amides is 1. The first kappa shape index (κ1) is 13.4. The summed E-state index contributed by atoms with van der Waals surface area (Å²) in [4.78, 5) is 14.1. The lowest BCUT2D eigenvalue weighted by Gasteiger charge is -2.32. The molecule has 1 aliphatic rings.